The zero-order chi connectivity index (χ0) is 23.6. The maximum absolute atomic E-state index is 13.4. The Hall–Kier alpha value is -3.45. The lowest BCUT2D eigenvalue weighted by atomic mass is 10.1. The lowest BCUT2D eigenvalue weighted by Crippen LogP contribution is -2.33. The Morgan fingerprint density at radius 2 is 1.70 bits per heavy atom. The third-order valence-corrected chi connectivity index (χ3v) is 5.50. The molecule has 0 spiro atoms. The number of nitrogens with zero attached hydrogens (tertiary/aromatic N) is 1. The second-order valence-electron chi connectivity index (χ2n) is 7.57. The van der Waals surface area contributed by atoms with E-state index in [9.17, 15) is 18.0 Å². The molecule has 1 aliphatic heterocycles. The highest BCUT2D eigenvalue weighted by Gasteiger charge is 2.36. The molecule has 1 heterocycles. The van der Waals surface area contributed by atoms with Crippen molar-refractivity contribution in [3.63, 3.8) is 0 Å². The number of ether oxygens (including phenoxy) is 1. The van der Waals surface area contributed by atoms with E-state index in [4.69, 9.17) is 11.6 Å². The Kier molecular flexibility index (Phi) is 6.33. The molecule has 170 valence electrons. The Balaban J connectivity index is 1.65. The fraction of sp³-hybridized carbons (Fsp3) is 0.160. The standard InChI is InChI=1S/C25H20ClF3N2O2/c1-16(17-6-3-2-4-7-17)30-22-15-23(18-8-5-9-19(26)14-18)31(24(22)32)20-10-12-21(13-11-20)33-25(27,28)29/h2-16,23,30H,1H3/t16-,23-/m1/s1. The number of alkyl halides is 3. The summed E-state index contributed by atoms with van der Waals surface area (Å²) in [7, 11) is 0. The number of carbonyl (C=O) groups is 1. The molecule has 0 fully saturated rings. The third kappa shape index (κ3) is 5.31. The van der Waals surface area contributed by atoms with E-state index in [0.717, 1.165) is 11.1 Å². The Labute approximate surface area is 194 Å². The average molecular weight is 473 g/mol. The van der Waals surface area contributed by atoms with E-state index >= 15 is 0 Å². The van der Waals surface area contributed by atoms with E-state index in [2.05, 4.69) is 10.1 Å². The zero-order valence-electron chi connectivity index (χ0n) is 17.5. The van der Waals surface area contributed by atoms with Crippen LogP contribution in [0.3, 0.4) is 0 Å². The minimum absolute atomic E-state index is 0.135. The number of carbonyl (C=O) groups excluding carboxylic acids is 1. The molecule has 0 aromatic heterocycles. The van der Waals surface area contributed by atoms with Gasteiger partial charge in [0.25, 0.3) is 5.91 Å². The quantitative estimate of drug-likeness (QED) is 0.441. The van der Waals surface area contributed by atoms with Crippen LogP contribution in [-0.2, 0) is 4.79 Å². The maximum Gasteiger partial charge on any atom is 0.573 e. The van der Waals surface area contributed by atoms with Crippen LogP contribution in [0.1, 0.15) is 30.1 Å². The molecule has 0 aliphatic carbocycles. The van der Waals surface area contributed by atoms with Crippen LogP contribution in [0, 0.1) is 0 Å². The van der Waals surface area contributed by atoms with Crippen LogP contribution in [0.15, 0.2) is 90.6 Å². The van der Waals surface area contributed by atoms with Gasteiger partial charge in [0, 0.05) is 16.8 Å². The van der Waals surface area contributed by atoms with E-state index in [1.54, 1.807) is 24.3 Å². The highest BCUT2D eigenvalue weighted by molar-refractivity contribution is 6.30. The van der Waals surface area contributed by atoms with E-state index in [1.165, 1.54) is 29.2 Å². The normalized spacial score (nSPS) is 17.0. The molecule has 0 unspecified atom stereocenters. The van der Waals surface area contributed by atoms with Crippen LogP contribution in [0.5, 0.6) is 5.75 Å². The van der Waals surface area contributed by atoms with Crippen LogP contribution in [0.25, 0.3) is 0 Å². The van der Waals surface area contributed by atoms with Crippen molar-refractivity contribution in [1.82, 2.24) is 5.32 Å². The van der Waals surface area contributed by atoms with Crippen LogP contribution in [0.4, 0.5) is 18.9 Å². The number of hydrogen-bond donors (Lipinski definition) is 1. The second kappa shape index (κ2) is 9.19. The molecule has 2 atom stereocenters. The number of amides is 1. The fourth-order valence-corrected chi connectivity index (χ4v) is 3.95. The van der Waals surface area contributed by atoms with Crippen molar-refractivity contribution in [3.8, 4) is 5.75 Å². The molecule has 1 aliphatic rings. The SMILES string of the molecule is C[C@@H](NC1=C[C@H](c2cccc(Cl)c2)N(c2ccc(OC(F)(F)F)cc2)C1=O)c1ccccc1. The Morgan fingerprint density at radius 1 is 1.00 bits per heavy atom. The van der Waals surface area contributed by atoms with Crippen molar-refractivity contribution in [2.45, 2.75) is 25.4 Å². The largest absolute Gasteiger partial charge is 0.573 e. The van der Waals surface area contributed by atoms with Crippen LogP contribution in [-0.4, -0.2) is 12.3 Å². The predicted molar refractivity (Wildman–Crippen MR) is 121 cm³/mol. The van der Waals surface area contributed by atoms with Crippen molar-refractivity contribution >= 4 is 23.2 Å². The van der Waals surface area contributed by atoms with Gasteiger partial charge in [-0.15, -0.1) is 13.2 Å². The minimum atomic E-state index is -4.79. The molecule has 1 amide bonds. The van der Waals surface area contributed by atoms with Crippen molar-refractivity contribution in [2.24, 2.45) is 0 Å². The first-order chi connectivity index (χ1) is 15.7. The first kappa shape index (κ1) is 22.7. The monoisotopic (exact) mass is 472 g/mol. The summed E-state index contributed by atoms with van der Waals surface area (Å²) in [5.74, 6) is -0.659. The molecule has 0 bridgehead atoms. The lowest BCUT2D eigenvalue weighted by Gasteiger charge is -2.26. The Morgan fingerprint density at radius 3 is 2.33 bits per heavy atom. The minimum Gasteiger partial charge on any atom is -0.406 e. The summed E-state index contributed by atoms with van der Waals surface area (Å²) in [4.78, 5) is 14.9. The number of rotatable bonds is 6. The Bertz CT molecular complexity index is 1160. The first-order valence-corrected chi connectivity index (χ1v) is 10.6. The zero-order valence-corrected chi connectivity index (χ0v) is 18.3. The maximum atomic E-state index is 13.4. The topological polar surface area (TPSA) is 41.6 Å². The number of benzene rings is 3. The average Bonchev–Trinajstić information content (AvgIpc) is 3.10. The smallest absolute Gasteiger partial charge is 0.406 e. The third-order valence-electron chi connectivity index (χ3n) is 5.26. The van der Waals surface area contributed by atoms with Gasteiger partial charge in [-0.25, -0.2) is 0 Å². The number of anilines is 1. The molecule has 0 saturated carbocycles. The summed E-state index contributed by atoms with van der Waals surface area (Å²) >= 11 is 6.17. The van der Waals surface area contributed by atoms with Crippen molar-refractivity contribution in [1.29, 1.82) is 0 Å². The predicted octanol–water partition coefficient (Wildman–Crippen LogP) is 6.56. The van der Waals surface area contributed by atoms with Gasteiger partial charge in [-0.1, -0.05) is 54.1 Å². The summed E-state index contributed by atoms with van der Waals surface area (Å²) in [6.07, 6.45) is -2.99. The first-order valence-electron chi connectivity index (χ1n) is 10.2. The van der Waals surface area contributed by atoms with Crippen LogP contribution in [0.2, 0.25) is 5.02 Å². The van der Waals surface area contributed by atoms with Gasteiger partial charge in [0.15, 0.2) is 0 Å². The van der Waals surface area contributed by atoms with E-state index in [0.29, 0.717) is 16.4 Å². The van der Waals surface area contributed by atoms with Crippen LogP contribution < -0.4 is 15.0 Å². The highest BCUT2D eigenvalue weighted by atomic mass is 35.5. The molecule has 33 heavy (non-hydrogen) atoms. The van der Waals surface area contributed by atoms with Gasteiger partial charge in [-0.05, 0) is 60.5 Å². The molecule has 3 aromatic carbocycles. The van der Waals surface area contributed by atoms with E-state index in [1.807, 2.05) is 43.3 Å². The molecule has 0 saturated heterocycles. The molecule has 1 N–H and O–H groups in total. The van der Waals surface area contributed by atoms with Crippen molar-refractivity contribution in [2.75, 3.05) is 4.90 Å². The molecular formula is C25H20ClF3N2O2. The van der Waals surface area contributed by atoms with Crippen LogP contribution >= 0.6 is 11.6 Å². The van der Waals surface area contributed by atoms with E-state index < -0.39 is 12.4 Å². The number of hydrogen-bond acceptors (Lipinski definition) is 3. The van der Waals surface area contributed by atoms with Gasteiger partial charge in [0.05, 0.1) is 11.7 Å². The van der Waals surface area contributed by atoms with Crippen molar-refractivity contribution < 1.29 is 22.7 Å². The van der Waals surface area contributed by atoms with Gasteiger partial charge < -0.3 is 10.1 Å². The fourth-order valence-electron chi connectivity index (χ4n) is 3.75. The molecular weight excluding hydrogens is 453 g/mol. The number of halogens is 4. The van der Waals surface area contributed by atoms with Gasteiger partial charge in [-0.3, -0.25) is 9.69 Å². The molecule has 0 radical (unpaired) electrons. The summed E-state index contributed by atoms with van der Waals surface area (Å²) in [6.45, 7) is 1.95. The summed E-state index contributed by atoms with van der Waals surface area (Å²) in [6, 6.07) is 21.4. The number of nitrogens with one attached hydrogen (secondary N) is 1. The molecule has 3 aromatic rings. The van der Waals surface area contributed by atoms with Crippen molar-refractivity contribution in [3.05, 3.63) is 107 Å². The van der Waals surface area contributed by atoms with Gasteiger partial charge in [-0.2, -0.15) is 0 Å². The lowest BCUT2D eigenvalue weighted by molar-refractivity contribution is -0.274. The second-order valence-corrected chi connectivity index (χ2v) is 8.01. The summed E-state index contributed by atoms with van der Waals surface area (Å²) < 4.78 is 41.5. The molecule has 8 heteroatoms. The highest BCUT2D eigenvalue weighted by Crippen LogP contribution is 2.37. The van der Waals surface area contributed by atoms with Gasteiger partial charge in [0.2, 0.25) is 0 Å². The van der Waals surface area contributed by atoms with Gasteiger partial charge in [0.1, 0.15) is 5.75 Å². The molecule has 4 nitrogen and oxygen atoms in total. The van der Waals surface area contributed by atoms with E-state index in [-0.39, 0.29) is 17.7 Å². The summed E-state index contributed by atoms with van der Waals surface area (Å²) in [5, 5.41) is 3.78. The molecule has 4 rings (SSSR count). The van der Waals surface area contributed by atoms with Gasteiger partial charge >= 0.3 is 6.36 Å². The summed E-state index contributed by atoms with van der Waals surface area (Å²) in [5.41, 5.74) is 2.61.